The molecule has 1 heterocycles. The summed E-state index contributed by atoms with van der Waals surface area (Å²) >= 11 is 0. The molecule has 0 aromatic heterocycles. The van der Waals surface area contributed by atoms with E-state index in [0.29, 0.717) is 0 Å². The number of alkyl halides is 2. The van der Waals surface area contributed by atoms with Gasteiger partial charge in [0.05, 0.1) is 0 Å². The standard InChI is InChI=1S/C15H22F2N2.ClH/c1-11-4-3-5-12(2)15(11)13(10-14(16)17)19-8-6-18-7-9-19;/h3-5,13-14,18H,6-10H2,1-2H3;1H/t13-;/m0./s1. The highest BCUT2D eigenvalue weighted by Gasteiger charge is 2.27. The van der Waals surface area contributed by atoms with Crippen LogP contribution < -0.4 is 5.32 Å². The Labute approximate surface area is 126 Å². The molecule has 1 aliphatic rings. The number of hydrogen-bond acceptors (Lipinski definition) is 2. The molecule has 2 rings (SSSR count). The van der Waals surface area contributed by atoms with Gasteiger partial charge in [-0.3, -0.25) is 4.90 Å². The van der Waals surface area contributed by atoms with E-state index in [1.54, 1.807) is 0 Å². The monoisotopic (exact) mass is 304 g/mol. The molecule has 0 amide bonds. The Morgan fingerprint density at radius 2 is 1.70 bits per heavy atom. The van der Waals surface area contributed by atoms with Gasteiger partial charge in [-0.15, -0.1) is 12.4 Å². The third kappa shape index (κ3) is 4.14. The lowest BCUT2D eigenvalue weighted by Gasteiger charge is -2.36. The van der Waals surface area contributed by atoms with Crippen LogP contribution in [-0.2, 0) is 0 Å². The van der Waals surface area contributed by atoms with E-state index in [1.165, 1.54) is 0 Å². The fraction of sp³-hybridized carbons (Fsp3) is 0.600. The molecule has 20 heavy (non-hydrogen) atoms. The van der Waals surface area contributed by atoms with Crippen LogP contribution in [0.3, 0.4) is 0 Å². The summed E-state index contributed by atoms with van der Waals surface area (Å²) in [5.74, 6) is 0. The lowest BCUT2D eigenvalue weighted by atomic mass is 9.92. The molecule has 0 spiro atoms. The van der Waals surface area contributed by atoms with Gasteiger partial charge in [0, 0.05) is 38.6 Å². The van der Waals surface area contributed by atoms with Crippen LogP contribution >= 0.6 is 12.4 Å². The van der Waals surface area contributed by atoms with E-state index in [9.17, 15) is 8.78 Å². The van der Waals surface area contributed by atoms with Gasteiger partial charge in [0.15, 0.2) is 0 Å². The summed E-state index contributed by atoms with van der Waals surface area (Å²) in [5, 5.41) is 3.27. The minimum Gasteiger partial charge on any atom is -0.314 e. The summed E-state index contributed by atoms with van der Waals surface area (Å²) in [5.41, 5.74) is 3.32. The lowest BCUT2D eigenvalue weighted by molar-refractivity contribution is 0.0734. The molecule has 2 nitrogen and oxygen atoms in total. The van der Waals surface area contributed by atoms with E-state index in [-0.39, 0.29) is 24.9 Å². The van der Waals surface area contributed by atoms with Gasteiger partial charge < -0.3 is 5.32 Å². The average Bonchev–Trinajstić information content (AvgIpc) is 2.38. The maximum Gasteiger partial charge on any atom is 0.240 e. The predicted molar refractivity (Wildman–Crippen MR) is 81.0 cm³/mol. The number of halogens is 3. The minimum atomic E-state index is -2.26. The van der Waals surface area contributed by atoms with Crippen LogP contribution in [0.25, 0.3) is 0 Å². The van der Waals surface area contributed by atoms with Crippen molar-refractivity contribution in [2.45, 2.75) is 32.7 Å². The summed E-state index contributed by atoms with van der Waals surface area (Å²) in [6.07, 6.45) is -2.34. The van der Waals surface area contributed by atoms with Gasteiger partial charge in [0.1, 0.15) is 0 Å². The number of piperazine rings is 1. The lowest BCUT2D eigenvalue weighted by Crippen LogP contribution is -2.45. The van der Waals surface area contributed by atoms with Gasteiger partial charge >= 0.3 is 0 Å². The smallest absolute Gasteiger partial charge is 0.240 e. The third-order valence-corrected chi connectivity index (χ3v) is 3.87. The molecule has 1 saturated heterocycles. The summed E-state index contributed by atoms with van der Waals surface area (Å²) in [6, 6.07) is 5.86. The highest BCUT2D eigenvalue weighted by atomic mass is 35.5. The Kier molecular flexibility index (Phi) is 6.86. The Hall–Kier alpha value is -0.710. The first-order chi connectivity index (χ1) is 9.09. The van der Waals surface area contributed by atoms with Crippen molar-refractivity contribution in [2.24, 2.45) is 0 Å². The van der Waals surface area contributed by atoms with Crippen molar-refractivity contribution in [3.8, 4) is 0 Å². The van der Waals surface area contributed by atoms with E-state index in [0.717, 1.165) is 42.9 Å². The number of aryl methyl sites for hydroxylation is 2. The third-order valence-electron chi connectivity index (χ3n) is 3.87. The molecule has 1 fully saturated rings. The Morgan fingerprint density at radius 3 is 2.20 bits per heavy atom. The van der Waals surface area contributed by atoms with Crippen LogP contribution in [-0.4, -0.2) is 37.5 Å². The first-order valence-corrected chi connectivity index (χ1v) is 6.88. The molecular weight excluding hydrogens is 282 g/mol. The zero-order chi connectivity index (χ0) is 13.8. The highest BCUT2D eigenvalue weighted by molar-refractivity contribution is 5.85. The molecular formula is C15H23ClF2N2. The van der Waals surface area contributed by atoms with Crippen molar-refractivity contribution < 1.29 is 8.78 Å². The van der Waals surface area contributed by atoms with Gasteiger partial charge in [-0.2, -0.15) is 0 Å². The highest BCUT2D eigenvalue weighted by Crippen LogP contribution is 2.32. The summed E-state index contributed by atoms with van der Waals surface area (Å²) in [6.45, 7) is 7.47. The Balaban J connectivity index is 0.00000200. The number of benzene rings is 1. The molecule has 1 aliphatic heterocycles. The maximum absolute atomic E-state index is 12.9. The molecule has 1 aromatic rings. The Bertz CT molecular complexity index is 400. The fourth-order valence-corrected chi connectivity index (χ4v) is 2.97. The van der Waals surface area contributed by atoms with Crippen molar-refractivity contribution in [1.29, 1.82) is 0 Å². The molecule has 1 N–H and O–H groups in total. The molecule has 0 saturated carbocycles. The van der Waals surface area contributed by atoms with Gasteiger partial charge in [-0.25, -0.2) is 8.78 Å². The van der Waals surface area contributed by atoms with E-state index in [2.05, 4.69) is 10.2 Å². The topological polar surface area (TPSA) is 15.3 Å². The van der Waals surface area contributed by atoms with Gasteiger partial charge in [0.2, 0.25) is 6.43 Å². The van der Waals surface area contributed by atoms with Crippen LogP contribution in [0.4, 0.5) is 8.78 Å². The molecule has 5 heteroatoms. The first-order valence-electron chi connectivity index (χ1n) is 6.88. The second kappa shape index (κ2) is 7.91. The zero-order valence-corrected chi connectivity index (χ0v) is 12.9. The molecule has 114 valence electrons. The summed E-state index contributed by atoms with van der Waals surface area (Å²) in [4.78, 5) is 2.19. The number of hydrogen-bond donors (Lipinski definition) is 1. The van der Waals surface area contributed by atoms with Gasteiger partial charge in [-0.05, 0) is 30.5 Å². The zero-order valence-electron chi connectivity index (χ0n) is 12.0. The van der Waals surface area contributed by atoms with Crippen LogP contribution in [0, 0.1) is 13.8 Å². The summed E-state index contributed by atoms with van der Waals surface area (Å²) < 4.78 is 25.9. The Morgan fingerprint density at radius 1 is 1.15 bits per heavy atom. The number of nitrogens with one attached hydrogen (secondary N) is 1. The van der Waals surface area contributed by atoms with Crippen molar-refractivity contribution in [2.75, 3.05) is 26.2 Å². The van der Waals surface area contributed by atoms with E-state index in [1.807, 2.05) is 32.0 Å². The SMILES string of the molecule is Cc1cccc(C)c1[C@H](CC(F)F)N1CCNCC1.Cl. The quantitative estimate of drug-likeness (QED) is 0.918. The van der Waals surface area contributed by atoms with Crippen molar-refractivity contribution in [1.82, 2.24) is 10.2 Å². The molecule has 0 unspecified atom stereocenters. The molecule has 0 bridgehead atoms. The largest absolute Gasteiger partial charge is 0.314 e. The number of nitrogens with zero attached hydrogens (tertiary/aromatic N) is 1. The van der Waals surface area contributed by atoms with E-state index < -0.39 is 6.43 Å². The van der Waals surface area contributed by atoms with E-state index >= 15 is 0 Å². The van der Waals surface area contributed by atoms with Crippen LogP contribution in [0.15, 0.2) is 18.2 Å². The second-order valence-electron chi connectivity index (χ2n) is 5.23. The first kappa shape index (κ1) is 17.3. The van der Waals surface area contributed by atoms with Crippen LogP contribution in [0.5, 0.6) is 0 Å². The van der Waals surface area contributed by atoms with Crippen LogP contribution in [0.1, 0.15) is 29.2 Å². The molecule has 1 aromatic carbocycles. The number of rotatable bonds is 4. The van der Waals surface area contributed by atoms with E-state index in [4.69, 9.17) is 0 Å². The van der Waals surface area contributed by atoms with Crippen molar-refractivity contribution in [3.05, 3.63) is 34.9 Å². The minimum absolute atomic E-state index is 0. The molecule has 1 atom stereocenters. The van der Waals surface area contributed by atoms with Crippen LogP contribution in [0.2, 0.25) is 0 Å². The van der Waals surface area contributed by atoms with Gasteiger partial charge in [0.25, 0.3) is 0 Å². The second-order valence-corrected chi connectivity index (χ2v) is 5.23. The molecule has 0 aliphatic carbocycles. The van der Waals surface area contributed by atoms with Crippen molar-refractivity contribution in [3.63, 3.8) is 0 Å². The maximum atomic E-state index is 12.9. The average molecular weight is 305 g/mol. The normalized spacial score (nSPS) is 17.9. The molecule has 0 radical (unpaired) electrons. The summed E-state index contributed by atoms with van der Waals surface area (Å²) in [7, 11) is 0. The van der Waals surface area contributed by atoms with Gasteiger partial charge in [-0.1, -0.05) is 18.2 Å². The van der Waals surface area contributed by atoms with Crippen molar-refractivity contribution >= 4 is 12.4 Å². The fourth-order valence-electron chi connectivity index (χ4n) is 2.97. The predicted octanol–water partition coefficient (Wildman–Crippen LogP) is 3.33.